The number of aromatic nitrogens is 1. The first-order chi connectivity index (χ1) is 8.26. The Morgan fingerprint density at radius 3 is 3.12 bits per heavy atom. The van der Waals surface area contributed by atoms with E-state index in [1.165, 1.54) is 5.69 Å². The summed E-state index contributed by atoms with van der Waals surface area (Å²) in [6.07, 6.45) is 5.15. The Bertz CT molecular complexity index is 369. The predicted molar refractivity (Wildman–Crippen MR) is 68.9 cm³/mol. The highest BCUT2D eigenvalue weighted by Crippen LogP contribution is 2.26. The summed E-state index contributed by atoms with van der Waals surface area (Å²) in [5, 5.41) is 0. The van der Waals surface area contributed by atoms with E-state index in [0.29, 0.717) is 18.6 Å². The molecule has 1 saturated heterocycles. The van der Waals surface area contributed by atoms with Gasteiger partial charge in [0.2, 0.25) is 0 Å². The zero-order valence-electron chi connectivity index (χ0n) is 10.6. The fraction of sp³-hybridized carbons (Fsp3) is 0.615. The molecule has 0 aromatic carbocycles. The van der Waals surface area contributed by atoms with E-state index in [0.717, 1.165) is 25.1 Å². The molecule has 1 aromatic heterocycles. The second-order valence-electron chi connectivity index (χ2n) is 4.69. The second-order valence-corrected chi connectivity index (χ2v) is 4.69. The molecule has 0 radical (unpaired) electrons. The van der Waals surface area contributed by atoms with Gasteiger partial charge in [-0.3, -0.25) is 4.98 Å². The number of piperidine rings is 1. The van der Waals surface area contributed by atoms with Crippen molar-refractivity contribution < 1.29 is 4.74 Å². The predicted octanol–water partition coefficient (Wildman–Crippen LogP) is 1.40. The van der Waals surface area contributed by atoms with Crippen LogP contribution < -0.4 is 10.6 Å². The summed E-state index contributed by atoms with van der Waals surface area (Å²) in [5.41, 5.74) is 8.07. The SMILES string of the molecule is COC1CN(c2ccncc2CN)CCC1C. The van der Waals surface area contributed by atoms with E-state index in [4.69, 9.17) is 10.5 Å². The zero-order valence-corrected chi connectivity index (χ0v) is 10.6. The third-order valence-corrected chi connectivity index (χ3v) is 3.63. The highest BCUT2D eigenvalue weighted by atomic mass is 16.5. The minimum Gasteiger partial charge on any atom is -0.379 e. The fourth-order valence-corrected chi connectivity index (χ4v) is 2.45. The van der Waals surface area contributed by atoms with Crippen molar-refractivity contribution in [3.8, 4) is 0 Å². The normalized spacial score (nSPS) is 25.0. The van der Waals surface area contributed by atoms with Crippen LogP contribution in [0, 0.1) is 5.92 Å². The van der Waals surface area contributed by atoms with Crippen LogP contribution in [-0.2, 0) is 11.3 Å². The maximum absolute atomic E-state index is 5.75. The lowest BCUT2D eigenvalue weighted by molar-refractivity contribution is 0.0498. The largest absolute Gasteiger partial charge is 0.379 e. The number of nitrogens with zero attached hydrogens (tertiary/aromatic N) is 2. The Morgan fingerprint density at radius 1 is 1.59 bits per heavy atom. The molecule has 2 rings (SSSR count). The molecule has 0 spiro atoms. The number of nitrogens with two attached hydrogens (primary N) is 1. The maximum atomic E-state index is 5.75. The summed E-state index contributed by atoms with van der Waals surface area (Å²) in [5.74, 6) is 0.624. The number of anilines is 1. The Kier molecular flexibility index (Phi) is 3.97. The van der Waals surface area contributed by atoms with E-state index in [9.17, 15) is 0 Å². The van der Waals surface area contributed by atoms with Gasteiger partial charge in [-0.05, 0) is 18.4 Å². The topological polar surface area (TPSA) is 51.4 Å². The molecule has 1 aliphatic heterocycles. The number of rotatable bonds is 3. The van der Waals surface area contributed by atoms with E-state index >= 15 is 0 Å². The zero-order chi connectivity index (χ0) is 12.3. The van der Waals surface area contributed by atoms with E-state index < -0.39 is 0 Å². The minimum absolute atomic E-state index is 0.308. The van der Waals surface area contributed by atoms with Gasteiger partial charge in [0.1, 0.15) is 0 Å². The highest BCUT2D eigenvalue weighted by Gasteiger charge is 2.26. The van der Waals surface area contributed by atoms with Crippen LogP contribution in [-0.4, -0.2) is 31.3 Å². The summed E-state index contributed by atoms with van der Waals surface area (Å²) in [4.78, 5) is 6.49. The van der Waals surface area contributed by atoms with Gasteiger partial charge in [-0.2, -0.15) is 0 Å². The molecular weight excluding hydrogens is 214 g/mol. The van der Waals surface area contributed by atoms with Crippen LogP contribution in [0.5, 0.6) is 0 Å². The van der Waals surface area contributed by atoms with Crippen molar-refractivity contribution in [2.24, 2.45) is 11.7 Å². The smallest absolute Gasteiger partial charge is 0.0772 e. The number of methoxy groups -OCH3 is 1. The molecule has 0 amide bonds. The van der Waals surface area contributed by atoms with Gasteiger partial charge in [-0.1, -0.05) is 6.92 Å². The van der Waals surface area contributed by atoms with E-state index in [1.807, 2.05) is 18.5 Å². The van der Waals surface area contributed by atoms with Crippen LogP contribution in [0.3, 0.4) is 0 Å². The summed E-state index contributed by atoms with van der Waals surface area (Å²) in [7, 11) is 1.79. The third-order valence-electron chi connectivity index (χ3n) is 3.63. The molecule has 1 aromatic rings. The average Bonchev–Trinajstić information content (AvgIpc) is 2.39. The first kappa shape index (κ1) is 12.3. The van der Waals surface area contributed by atoms with Crippen LogP contribution in [0.2, 0.25) is 0 Å². The van der Waals surface area contributed by atoms with Gasteiger partial charge in [0.05, 0.1) is 6.10 Å². The van der Waals surface area contributed by atoms with Gasteiger partial charge in [0.25, 0.3) is 0 Å². The van der Waals surface area contributed by atoms with Crippen molar-refractivity contribution in [1.82, 2.24) is 4.98 Å². The van der Waals surface area contributed by atoms with Crippen LogP contribution in [0.25, 0.3) is 0 Å². The standard InChI is InChI=1S/C13H21N3O/c1-10-4-6-16(9-13(10)17-2)12-3-5-15-8-11(12)7-14/h3,5,8,10,13H,4,6-7,9,14H2,1-2H3. The Morgan fingerprint density at radius 2 is 2.41 bits per heavy atom. The molecule has 0 saturated carbocycles. The molecule has 2 unspecified atom stereocenters. The number of ether oxygens (including phenoxy) is 1. The molecule has 4 heteroatoms. The van der Waals surface area contributed by atoms with Crippen molar-refractivity contribution in [3.63, 3.8) is 0 Å². The molecule has 2 atom stereocenters. The fourth-order valence-electron chi connectivity index (χ4n) is 2.45. The van der Waals surface area contributed by atoms with Gasteiger partial charge < -0.3 is 15.4 Å². The van der Waals surface area contributed by atoms with Gasteiger partial charge in [-0.15, -0.1) is 0 Å². The lowest BCUT2D eigenvalue weighted by atomic mass is 9.95. The maximum Gasteiger partial charge on any atom is 0.0772 e. The number of hydrogen-bond acceptors (Lipinski definition) is 4. The van der Waals surface area contributed by atoms with Crippen molar-refractivity contribution in [2.45, 2.75) is 26.0 Å². The number of hydrogen-bond donors (Lipinski definition) is 1. The molecular formula is C13H21N3O. The third kappa shape index (κ3) is 2.58. The Balaban J connectivity index is 2.17. The molecule has 2 N–H and O–H groups in total. The lowest BCUT2D eigenvalue weighted by Crippen LogP contribution is -2.44. The van der Waals surface area contributed by atoms with Gasteiger partial charge in [-0.25, -0.2) is 0 Å². The first-order valence-corrected chi connectivity index (χ1v) is 6.17. The summed E-state index contributed by atoms with van der Waals surface area (Å²) >= 11 is 0. The second kappa shape index (κ2) is 5.47. The van der Waals surface area contributed by atoms with Crippen molar-refractivity contribution >= 4 is 5.69 Å². The van der Waals surface area contributed by atoms with Gasteiger partial charge in [0, 0.05) is 50.4 Å². The summed E-state index contributed by atoms with van der Waals surface area (Å²) < 4.78 is 5.54. The van der Waals surface area contributed by atoms with Crippen LogP contribution in [0.4, 0.5) is 5.69 Å². The molecule has 17 heavy (non-hydrogen) atoms. The Labute approximate surface area is 103 Å². The average molecular weight is 235 g/mol. The lowest BCUT2D eigenvalue weighted by Gasteiger charge is -2.38. The van der Waals surface area contributed by atoms with E-state index in [1.54, 1.807) is 7.11 Å². The van der Waals surface area contributed by atoms with E-state index in [-0.39, 0.29) is 0 Å². The molecule has 1 fully saturated rings. The Hall–Kier alpha value is -1.13. The van der Waals surface area contributed by atoms with Crippen molar-refractivity contribution in [3.05, 3.63) is 24.0 Å². The van der Waals surface area contributed by atoms with Gasteiger partial charge >= 0.3 is 0 Å². The molecule has 4 nitrogen and oxygen atoms in total. The molecule has 0 bridgehead atoms. The molecule has 0 aliphatic carbocycles. The van der Waals surface area contributed by atoms with Crippen molar-refractivity contribution in [1.29, 1.82) is 0 Å². The number of pyridine rings is 1. The van der Waals surface area contributed by atoms with Crippen molar-refractivity contribution in [2.75, 3.05) is 25.1 Å². The summed E-state index contributed by atoms with van der Waals surface area (Å²) in [6.45, 7) is 4.79. The summed E-state index contributed by atoms with van der Waals surface area (Å²) in [6, 6.07) is 2.05. The molecule has 94 valence electrons. The van der Waals surface area contributed by atoms with Crippen LogP contribution in [0.1, 0.15) is 18.9 Å². The molecule has 2 heterocycles. The highest BCUT2D eigenvalue weighted by molar-refractivity contribution is 5.52. The van der Waals surface area contributed by atoms with Crippen LogP contribution in [0.15, 0.2) is 18.5 Å². The van der Waals surface area contributed by atoms with E-state index in [2.05, 4.69) is 16.8 Å². The molecule has 1 aliphatic rings. The minimum atomic E-state index is 0.308. The van der Waals surface area contributed by atoms with Crippen LogP contribution >= 0.6 is 0 Å². The monoisotopic (exact) mass is 235 g/mol. The quantitative estimate of drug-likeness (QED) is 0.860. The van der Waals surface area contributed by atoms with Gasteiger partial charge in [0.15, 0.2) is 0 Å². The first-order valence-electron chi connectivity index (χ1n) is 6.17.